The van der Waals surface area contributed by atoms with Gasteiger partial charge in [-0.2, -0.15) is 11.8 Å². The molecule has 35 heavy (non-hydrogen) atoms. The average molecular weight is 516 g/mol. The lowest BCUT2D eigenvalue weighted by atomic mass is 10.1. The van der Waals surface area contributed by atoms with Gasteiger partial charge >= 0.3 is 0 Å². The summed E-state index contributed by atoms with van der Waals surface area (Å²) in [5.74, 6) is 2.78. The standard InChI is InChI=1S/C15H24N2O2.C8H17NOS.C2H6O.C2H6/c1-3-5-6-7-12(4-2)16-15(18)13-10-14(19-17-13)11-8-9-11;1-11-8-2-3-9-4-6-10-7-5-9;1-2-3;1-2/h5-6,10-13,17H,3-4,7-9H2,1-2H3,(H,16,18);2-8H2,1H3;3H,2H2,1H3;1-2H3/b6-5-;;;. The van der Waals surface area contributed by atoms with Crippen LogP contribution in [-0.2, 0) is 14.4 Å². The van der Waals surface area contributed by atoms with Crippen LogP contribution in [0, 0.1) is 5.92 Å². The van der Waals surface area contributed by atoms with E-state index in [-0.39, 0.29) is 24.6 Å². The third-order valence-corrected chi connectivity index (χ3v) is 6.18. The molecular formula is C27H53N3O4S. The second kappa shape index (κ2) is 23.3. The van der Waals surface area contributed by atoms with Crippen molar-refractivity contribution in [3.8, 4) is 0 Å². The Hall–Kier alpha value is -1.06. The molecule has 2 fully saturated rings. The molecule has 3 rings (SSSR count). The zero-order valence-electron chi connectivity index (χ0n) is 23.2. The van der Waals surface area contributed by atoms with Crippen LogP contribution in [0.15, 0.2) is 24.0 Å². The molecule has 0 aromatic rings. The van der Waals surface area contributed by atoms with Gasteiger partial charge in [-0.1, -0.05) is 39.8 Å². The Balaban J connectivity index is 0.000000612. The van der Waals surface area contributed by atoms with E-state index in [0.29, 0.717) is 5.92 Å². The van der Waals surface area contributed by atoms with E-state index in [1.807, 2.05) is 31.7 Å². The highest BCUT2D eigenvalue weighted by Gasteiger charge is 2.34. The number of aliphatic hydroxyl groups is 1. The number of carbonyl (C=O) groups excluding carboxylic acids is 1. The summed E-state index contributed by atoms with van der Waals surface area (Å²) in [7, 11) is 0. The number of hydrogen-bond donors (Lipinski definition) is 3. The number of nitrogens with one attached hydrogen (secondary N) is 2. The number of thioether (sulfide) groups is 1. The zero-order valence-corrected chi connectivity index (χ0v) is 24.0. The van der Waals surface area contributed by atoms with Crippen molar-refractivity contribution in [3.63, 3.8) is 0 Å². The normalized spacial score (nSPS) is 20.2. The molecular weight excluding hydrogens is 462 g/mol. The minimum absolute atomic E-state index is 0.00685. The molecule has 0 spiro atoms. The van der Waals surface area contributed by atoms with Gasteiger partial charge in [0, 0.05) is 31.7 Å². The number of hydrogen-bond acceptors (Lipinski definition) is 7. The molecule has 3 N–H and O–H groups in total. The van der Waals surface area contributed by atoms with Crippen LogP contribution >= 0.6 is 11.8 Å². The highest BCUT2D eigenvalue weighted by Crippen LogP contribution is 2.38. The Kier molecular flexibility index (Phi) is 22.6. The summed E-state index contributed by atoms with van der Waals surface area (Å²) in [5.41, 5.74) is 2.80. The molecule has 0 aromatic heterocycles. The fourth-order valence-electron chi connectivity index (χ4n) is 3.38. The molecule has 1 aliphatic carbocycles. The minimum Gasteiger partial charge on any atom is -0.412 e. The number of hydroxylamine groups is 1. The van der Waals surface area contributed by atoms with Crippen molar-refractivity contribution < 1.29 is 19.5 Å². The van der Waals surface area contributed by atoms with Crippen LogP contribution in [0.1, 0.15) is 73.1 Å². The molecule has 2 atom stereocenters. The highest BCUT2D eigenvalue weighted by molar-refractivity contribution is 7.98. The van der Waals surface area contributed by atoms with E-state index in [1.54, 1.807) is 6.92 Å². The number of morpholine rings is 1. The first-order chi connectivity index (χ1) is 17.1. The maximum atomic E-state index is 12.1. The second-order valence-electron chi connectivity index (χ2n) is 8.39. The molecule has 1 amide bonds. The van der Waals surface area contributed by atoms with Gasteiger partial charge in [0.2, 0.25) is 5.91 Å². The fraction of sp³-hybridized carbons (Fsp3) is 0.815. The number of nitrogens with zero attached hydrogens (tertiary/aromatic N) is 1. The number of ether oxygens (including phenoxy) is 1. The number of rotatable bonds is 11. The Morgan fingerprint density at radius 1 is 1.26 bits per heavy atom. The van der Waals surface area contributed by atoms with Gasteiger partial charge in [-0.3, -0.25) is 9.69 Å². The van der Waals surface area contributed by atoms with Gasteiger partial charge in [0.05, 0.1) is 13.2 Å². The zero-order chi connectivity index (χ0) is 26.3. The summed E-state index contributed by atoms with van der Waals surface area (Å²) in [5, 5.41) is 10.6. The molecule has 0 radical (unpaired) electrons. The van der Waals surface area contributed by atoms with Crippen molar-refractivity contribution in [2.75, 3.05) is 51.5 Å². The van der Waals surface area contributed by atoms with Gasteiger partial charge < -0.3 is 20.0 Å². The van der Waals surface area contributed by atoms with Crippen molar-refractivity contribution in [1.82, 2.24) is 15.7 Å². The Labute approximate surface area is 219 Å². The Morgan fingerprint density at radius 3 is 2.46 bits per heavy atom. The van der Waals surface area contributed by atoms with E-state index in [2.05, 4.69) is 48.0 Å². The number of aliphatic hydroxyl groups excluding tert-OH is 1. The molecule has 0 aromatic carbocycles. The second-order valence-corrected chi connectivity index (χ2v) is 9.37. The van der Waals surface area contributed by atoms with Gasteiger partial charge in [-0.05, 0) is 70.1 Å². The van der Waals surface area contributed by atoms with Crippen molar-refractivity contribution in [3.05, 3.63) is 24.0 Å². The minimum atomic E-state index is -0.334. The predicted octanol–water partition coefficient (Wildman–Crippen LogP) is 4.53. The first kappa shape index (κ1) is 33.9. The van der Waals surface area contributed by atoms with Crippen LogP contribution in [0.25, 0.3) is 0 Å². The third-order valence-electron chi connectivity index (χ3n) is 5.49. The summed E-state index contributed by atoms with van der Waals surface area (Å²) >= 11 is 1.93. The fourth-order valence-corrected chi connectivity index (χ4v) is 3.80. The van der Waals surface area contributed by atoms with E-state index in [1.165, 1.54) is 31.6 Å². The lowest BCUT2D eigenvalue weighted by Gasteiger charge is -2.26. The Morgan fingerprint density at radius 2 is 1.91 bits per heavy atom. The summed E-state index contributed by atoms with van der Waals surface area (Å²) in [4.78, 5) is 20.0. The van der Waals surface area contributed by atoms with Crippen molar-refractivity contribution >= 4 is 17.7 Å². The van der Waals surface area contributed by atoms with Crippen LogP contribution in [0.3, 0.4) is 0 Å². The molecule has 2 unspecified atom stereocenters. The van der Waals surface area contributed by atoms with Crippen molar-refractivity contribution in [1.29, 1.82) is 0 Å². The van der Waals surface area contributed by atoms with Crippen molar-refractivity contribution in [2.24, 2.45) is 5.92 Å². The number of allylic oxidation sites excluding steroid dienone is 2. The van der Waals surface area contributed by atoms with Crippen molar-refractivity contribution in [2.45, 2.75) is 85.2 Å². The SMILES string of the molecule is CC.CC/C=C\CC(CC)NC(=O)C1C=C(C2CC2)ON1.CCO.CSCCCN1CCOCC1. The van der Waals surface area contributed by atoms with Gasteiger partial charge in [0.25, 0.3) is 0 Å². The van der Waals surface area contributed by atoms with E-state index < -0.39 is 0 Å². The summed E-state index contributed by atoms with van der Waals surface area (Å²) in [6.07, 6.45) is 14.9. The molecule has 206 valence electrons. The molecule has 0 bridgehead atoms. The van der Waals surface area contributed by atoms with Crippen LogP contribution in [0.2, 0.25) is 0 Å². The van der Waals surface area contributed by atoms with Crippen LogP contribution in [-0.4, -0.2) is 79.5 Å². The third kappa shape index (κ3) is 17.1. The highest BCUT2D eigenvalue weighted by atomic mass is 32.2. The Bertz CT molecular complexity index is 565. The lowest BCUT2D eigenvalue weighted by Crippen LogP contribution is -2.44. The topological polar surface area (TPSA) is 83.1 Å². The van der Waals surface area contributed by atoms with Gasteiger partial charge in [-0.15, -0.1) is 5.48 Å². The lowest BCUT2D eigenvalue weighted by molar-refractivity contribution is -0.124. The number of carbonyl (C=O) groups is 1. The quantitative estimate of drug-likeness (QED) is 0.275. The van der Waals surface area contributed by atoms with Crippen LogP contribution < -0.4 is 10.8 Å². The van der Waals surface area contributed by atoms with Gasteiger partial charge in [-0.25, -0.2) is 0 Å². The molecule has 7 nitrogen and oxygen atoms in total. The largest absolute Gasteiger partial charge is 0.412 e. The molecule has 2 heterocycles. The summed E-state index contributed by atoms with van der Waals surface area (Å²) in [6, 6.07) is -0.129. The predicted molar refractivity (Wildman–Crippen MR) is 149 cm³/mol. The smallest absolute Gasteiger partial charge is 0.244 e. The maximum Gasteiger partial charge on any atom is 0.244 e. The molecule has 3 aliphatic rings. The van der Waals surface area contributed by atoms with E-state index in [9.17, 15) is 4.79 Å². The van der Waals surface area contributed by atoms with E-state index in [0.717, 1.165) is 51.3 Å². The van der Waals surface area contributed by atoms with Gasteiger partial charge in [0.15, 0.2) is 0 Å². The molecule has 8 heteroatoms. The van der Waals surface area contributed by atoms with Gasteiger partial charge in [0.1, 0.15) is 11.8 Å². The summed E-state index contributed by atoms with van der Waals surface area (Å²) in [6.45, 7) is 15.5. The molecule has 2 aliphatic heterocycles. The van der Waals surface area contributed by atoms with Crippen LogP contribution in [0.5, 0.6) is 0 Å². The van der Waals surface area contributed by atoms with E-state index >= 15 is 0 Å². The molecule has 1 saturated heterocycles. The monoisotopic (exact) mass is 515 g/mol. The summed E-state index contributed by atoms with van der Waals surface area (Å²) < 4.78 is 5.26. The van der Waals surface area contributed by atoms with E-state index in [4.69, 9.17) is 14.7 Å². The first-order valence-corrected chi connectivity index (χ1v) is 15.0. The number of amides is 1. The molecule has 1 saturated carbocycles. The average Bonchev–Trinajstić information content (AvgIpc) is 3.62. The van der Waals surface area contributed by atoms with Crippen LogP contribution in [0.4, 0.5) is 0 Å². The first-order valence-electron chi connectivity index (χ1n) is 13.6. The maximum absolute atomic E-state index is 12.1.